The van der Waals surface area contributed by atoms with Crippen molar-refractivity contribution in [1.82, 2.24) is 29.9 Å². The van der Waals surface area contributed by atoms with E-state index < -0.39 is 0 Å². The Morgan fingerprint density at radius 1 is 0.119 bits per heavy atom. The maximum Gasteiger partial charge on any atom is 0.169 e. The first-order valence-corrected chi connectivity index (χ1v) is 47.2. The van der Waals surface area contributed by atoms with Gasteiger partial charge in [-0.15, -0.1) is 0 Å². The van der Waals surface area contributed by atoms with E-state index in [1.807, 2.05) is 0 Å². The Balaban J connectivity index is 0.000000188. The van der Waals surface area contributed by atoms with Crippen LogP contribution in [0, 0.1) is 0 Å². The van der Waals surface area contributed by atoms with Gasteiger partial charge in [-0.2, -0.15) is 0 Å². The maximum atomic E-state index is 5.15. The summed E-state index contributed by atoms with van der Waals surface area (Å²) >= 11 is 0. The summed E-state index contributed by atoms with van der Waals surface area (Å²) in [4.78, 5) is 30.5. The average molecular weight is 1750 g/mol. The first-order chi connectivity index (χ1) is 66.5. The van der Waals surface area contributed by atoms with Gasteiger partial charge in [0.05, 0.1) is 0 Å². The van der Waals surface area contributed by atoms with Crippen molar-refractivity contribution < 1.29 is 27.4 Å². The second kappa shape index (κ2) is 41.3. The SMILES string of the molecule is CCC[n+]1ccc(-c2ccc(-c3ccc(-c4ccc(-c5nc(-c6ccc(-c7ccc(-c8ccc(-c9cc[n+](CCC)cc9)cc8)cc7)cc6)nc(-c6ccc(-c7ccc(-c8cc[n+](CCC)cc8)cc7)cc6)n5)cc4)cc3)cc2)cc1.CC[n+]1ccc(-c2ccc(-c3ccc(-c4nc(-c5ccc(-c6ccc(-c7cc[n+](CC)cc7)cc6)cc5)nc(-c5cc[n+](CC)cc5)n4)cc3)cc2)cc1. The number of aromatic nitrogens is 12. The molecule has 0 saturated heterocycles. The molecule has 0 atom stereocenters. The highest BCUT2D eigenvalue weighted by molar-refractivity contribution is 5.81. The summed E-state index contributed by atoms with van der Waals surface area (Å²) in [5, 5.41) is 0. The Kier molecular flexibility index (Phi) is 26.9. The molecule has 0 aliphatic carbocycles. The van der Waals surface area contributed by atoms with Gasteiger partial charge in [0.25, 0.3) is 0 Å². The number of rotatable bonds is 27. The number of hydrogen-bond donors (Lipinski definition) is 0. The molecule has 8 aromatic heterocycles. The molecule has 0 saturated carbocycles. The van der Waals surface area contributed by atoms with E-state index >= 15 is 0 Å². The second-order valence-electron chi connectivity index (χ2n) is 34.3. The maximum absolute atomic E-state index is 5.15. The molecule has 0 N–H and O–H groups in total. The number of aryl methyl sites for hydroxylation is 6. The normalized spacial score (nSPS) is 11.2. The van der Waals surface area contributed by atoms with E-state index in [1.54, 1.807) is 0 Å². The minimum Gasteiger partial charge on any atom is -0.208 e. The lowest BCUT2D eigenvalue weighted by atomic mass is 9.98. The predicted octanol–water partition coefficient (Wildman–Crippen LogP) is 26.8. The van der Waals surface area contributed by atoms with Crippen molar-refractivity contribution in [2.45, 2.75) is 100 Å². The minimum absolute atomic E-state index is 0.619. The number of nitrogens with zero attached hydrogens (tertiary/aromatic N) is 12. The molecule has 135 heavy (non-hydrogen) atoms. The highest BCUT2D eigenvalue weighted by Gasteiger charge is 2.20. The monoisotopic (exact) mass is 1750 g/mol. The van der Waals surface area contributed by atoms with E-state index in [9.17, 15) is 0 Å². The highest BCUT2D eigenvalue weighted by atomic mass is 15.0. The van der Waals surface area contributed by atoms with E-state index in [4.69, 9.17) is 29.9 Å². The van der Waals surface area contributed by atoms with Crippen LogP contribution < -0.4 is 27.4 Å². The molecule has 0 fully saturated rings. The fourth-order valence-corrected chi connectivity index (χ4v) is 17.3. The van der Waals surface area contributed by atoms with E-state index in [2.05, 4.69) is 507 Å². The molecule has 20 aromatic rings. The summed E-state index contributed by atoms with van der Waals surface area (Å²) in [7, 11) is 0. The van der Waals surface area contributed by atoms with Crippen LogP contribution in [0.4, 0.5) is 0 Å². The average Bonchev–Trinajstić information content (AvgIpc) is 0.788. The first kappa shape index (κ1) is 87.9. The van der Waals surface area contributed by atoms with Crippen LogP contribution in [0.15, 0.2) is 438 Å². The van der Waals surface area contributed by atoms with E-state index in [0.717, 1.165) is 148 Å². The van der Waals surface area contributed by atoms with Crippen molar-refractivity contribution in [2.24, 2.45) is 0 Å². The summed E-state index contributed by atoms with van der Waals surface area (Å²) in [6, 6.07) is 130. The predicted molar refractivity (Wildman–Crippen MR) is 547 cm³/mol. The number of hydrogen-bond acceptors (Lipinski definition) is 6. The van der Waals surface area contributed by atoms with Gasteiger partial charge in [-0.25, -0.2) is 57.3 Å². The zero-order valence-corrected chi connectivity index (χ0v) is 77.3. The fraction of sp³-hybridized carbons (Fsp3) is 0.122. The summed E-state index contributed by atoms with van der Waals surface area (Å²) in [6.07, 6.45) is 29.0. The lowest BCUT2D eigenvalue weighted by Crippen LogP contribution is -2.31. The molecule has 0 radical (unpaired) electrons. The van der Waals surface area contributed by atoms with Crippen molar-refractivity contribution in [2.75, 3.05) is 0 Å². The van der Waals surface area contributed by atoms with Crippen LogP contribution in [0.1, 0.15) is 60.8 Å². The van der Waals surface area contributed by atoms with Crippen molar-refractivity contribution >= 4 is 0 Å². The van der Waals surface area contributed by atoms with E-state index in [1.165, 1.54) is 77.9 Å². The van der Waals surface area contributed by atoms with Crippen LogP contribution in [-0.4, -0.2) is 29.9 Å². The van der Waals surface area contributed by atoms with Crippen LogP contribution in [0.2, 0.25) is 0 Å². The van der Waals surface area contributed by atoms with Crippen molar-refractivity contribution in [3.63, 3.8) is 0 Å². The molecule has 12 nitrogen and oxygen atoms in total. The summed E-state index contributed by atoms with van der Waals surface area (Å²) < 4.78 is 13.2. The smallest absolute Gasteiger partial charge is 0.169 e. The van der Waals surface area contributed by atoms with Gasteiger partial charge in [-0.1, -0.05) is 312 Å². The Hall–Kier alpha value is -16.4. The molecule has 0 aliphatic rings. The molecule has 12 heteroatoms. The van der Waals surface area contributed by atoms with Gasteiger partial charge in [0.15, 0.2) is 109 Å². The van der Waals surface area contributed by atoms with Gasteiger partial charge in [0.1, 0.15) is 39.3 Å². The Bertz CT molecular complexity index is 7000. The summed E-state index contributed by atoms with van der Waals surface area (Å²) in [5.41, 5.74) is 33.9. The highest BCUT2D eigenvalue weighted by Crippen LogP contribution is 2.37. The molecule has 0 aliphatic heterocycles. The summed E-state index contributed by atoms with van der Waals surface area (Å²) in [5.74, 6) is 3.79. The lowest BCUT2D eigenvalue weighted by molar-refractivity contribution is -0.697. The summed E-state index contributed by atoms with van der Waals surface area (Å²) in [6.45, 7) is 18.9. The number of benzene rings is 12. The molecule has 12 aromatic carbocycles. The third-order valence-corrected chi connectivity index (χ3v) is 25.3. The number of pyridine rings is 6. The van der Waals surface area contributed by atoms with Gasteiger partial charge >= 0.3 is 0 Å². The molecular formula is C123H108N12+6. The van der Waals surface area contributed by atoms with Crippen LogP contribution in [-0.2, 0) is 39.3 Å². The molecule has 0 amide bonds. The molecule has 20 rings (SSSR count). The lowest BCUT2D eigenvalue weighted by Gasteiger charge is -2.11. The van der Waals surface area contributed by atoms with E-state index in [-0.39, 0.29) is 0 Å². The third kappa shape index (κ3) is 20.8. The molecule has 8 heterocycles. The van der Waals surface area contributed by atoms with Crippen molar-refractivity contribution in [3.8, 4) is 202 Å². The zero-order chi connectivity index (χ0) is 91.8. The van der Waals surface area contributed by atoms with Gasteiger partial charge in [0, 0.05) is 125 Å². The van der Waals surface area contributed by atoms with Gasteiger partial charge in [-0.3, -0.25) is 0 Å². The first-order valence-electron chi connectivity index (χ1n) is 47.2. The van der Waals surface area contributed by atoms with E-state index in [0.29, 0.717) is 34.9 Å². The fourth-order valence-electron chi connectivity index (χ4n) is 17.3. The molecular weight excluding hydrogens is 1650 g/mol. The topological polar surface area (TPSA) is 101 Å². The Morgan fingerprint density at radius 3 is 0.319 bits per heavy atom. The zero-order valence-electron chi connectivity index (χ0n) is 77.3. The molecule has 0 bridgehead atoms. The van der Waals surface area contributed by atoms with Crippen LogP contribution >= 0.6 is 0 Å². The van der Waals surface area contributed by atoms with Crippen LogP contribution in [0.3, 0.4) is 0 Å². The van der Waals surface area contributed by atoms with Crippen molar-refractivity contribution in [3.05, 3.63) is 438 Å². The second-order valence-corrected chi connectivity index (χ2v) is 34.3. The standard InChI is InChI=1S/C75H65N6.C48H43N6/c1-4-45-79-48-39-67(40-49-79)64-21-15-56(16-22-64)54-7-11-58(12-8-54)61-27-33-70(34-28-61)73-76-74(78-75(77-73)72-37-31-63(32-38-72)60-19-25-66(26-20-60)69-43-52-81(47-6-3)53-44-69)71-35-29-62(30-36-71)59-13-9-55(10-14-59)57-17-23-65(24-18-57)68-41-50-80(46-5-2)51-42-68;1-4-52-29-23-41(24-30-52)39-11-7-35(8-12-39)37-15-19-43(20-16-37)46-49-47(51-48(50-46)45-27-33-54(6-3)34-28-45)44-21-17-38(18-22-44)36-9-13-40(14-10-36)42-25-31-53(5-2)32-26-42/h7-44,48-53H,4-6,45-47H2,1-3H3;7-34H,4-6H2,1-3H3/q2*+3. The van der Waals surface area contributed by atoms with Crippen LogP contribution in [0.5, 0.6) is 0 Å². The quantitative estimate of drug-likeness (QED) is 0.0476. The molecule has 0 spiro atoms. The Morgan fingerprint density at radius 2 is 0.207 bits per heavy atom. The molecule has 654 valence electrons. The third-order valence-electron chi connectivity index (χ3n) is 25.3. The Labute approximate surface area is 792 Å². The largest absolute Gasteiger partial charge is 0.208 e. The molecule has 0 unspecified atom stereocenters. The van der Waals surface area contributed by atoms with Gasteiger partial charge < -0.3 is 0 Å². The minimum atomic E-state index is 0.619. The van der Waals surface area contributed by atoms with Gasteiger partial charge in [0.2, 0.25) is 0 Å². The van der Waals surface area contributed by atoms with Crippen LogP contribution in [0.25, 0.3) is 202 Å². The van der Waals surface area contributed by atoms with Crippen molar-refractivity contribution in [1.29, 1.82) is 0 Å². The van der Waals surface area contributed by atoms with Gasteiger partial charge in [-0.05, 0) is 154 Å².